The highest BCUT2D eigenvalue weighted by molar-refractivity contribution is 4.80. The number of rotatable bonds is 9. The third kappa shape index (κ3) is 6.49. The Labute approximate surface area is 102 Å². The van der Waals surface area contributed by atoms with E-state index in [0.29, 0.717) is 17.4 Å². The van der Waals surface area contributed by atoms with E-state index >= 15 is 0 Å². The van der Waals surface area contributed by atoms with Gasteiger partial charge in [0.05, 0.1) is 0 Å². The monoisotopic (exact) mass is 229 g/mol. The first-order valence-electron chi connectivity index (χ1n) is 6.73. The molecule has 0 aromatic rings. The Morgan fingerprint density at radius 2 is 1.75 bits per heavy atom. The second kappa shape index (κ2) is 8.08. The van der Waals surface area contributed by atoms with Crippen molar-refractivity contribution in [1.29, 1.82) is 0 Å². The molecule has 0 saturated heterocycles. The maximum absolute atomic E-state index is 5.61. The first-order chi connectivity index (χ1) is 7.42. The van der Waals surface area contributed by atoms with Gasteiger partial charge in [-0.2, -0.15) is 0 Å². The highest BCUT2D eigenvalue weighted by Crippen LogP contribution is 2.30. The maximum atomic E-state index is 5.61. The van der Waals surface area contributed by atoms with Crippen LogP contribution in [-0.2, 0) is 4.74 Å². The Balaban J connectivity index is 4.01. The minimum atomic E-state index is 0.345. The van der Waals surface area contributed by atoms with Crippen molar-refractivity contribution in [3.8, 4) is 0 Å². The van der Waals surface area contributed by atoms with Crippen molar-refractivity contribution in [3.05, 3.63) is 0 Å². The molecule has 0 aromatic carbocycles. The summed E-state index contributed by atoms with van der Waals surface area (Å²) >= 11 is 0. The third-order valence-corrected chi connectivity index (χ3v) is 3.47. The van der Waals surface area contributed by atoms with Crippen LogP contribution in [0.2, 0.25) is 0 Å². The zero-order valence-electron chi connectivity index (χ0n) is 12.1. The molecule has 2 nitrogen and oxygen atoms in total. The predicted octanol–water partition coefficient (Wildman–Crippen LogP) is 3.46. The molecule has 0 saturated carbocycles. The summed E-state index contributed by atoms with van der Waals surface area (Å²) in [5, 5.41) is 3.55. The molecule has 0 spiro atoms. The van der Waals surface area contributed by atoms with Crippen LogP contribution in [0.5, 0.6) is 0 Å². The lowest BCUT2D eigenvalue weighted by Crippen LogP contribution is -2.39. The van der Waals surface area contributed by atoms with Gasteiger partial charge in [-0.1, -0.05) is 41.5 Å². The van der Waals surface area contributed by atoms with E-state index in [2.05, 4.69) is 46.9 Å². The summed E-state index contributed by atoms with van der Waals surface area (Å²) in [5.74, 6) is 0.684. The van der Waals surface area contributed by atoms with Gasteiger partial charge < -0.3 is 10.1 Å². The highest BCUT2D eigenvalue weighted by Gasteiger charge is 2.27. The van der Waals surface area contributed by atoms with Crippen LogP contribution < -0.4 is 5.32 Å². The molecule has 0 aliphatic heterocycles. The van der Waals surface area contributed by atoms with Crippen LogP contribution in [0.4, 0.5) is 0 Å². The standard InChI is InChI=1S/C14H31NO/c1-7-9-16-10-8-14(6,12(2)3)11-15-13(4)5/h12-13,15H,7-11H2,1-6H3. The lowest BCUT2D eigenvalue weighted by Gasteiger charge is -2.35. The highest BCUT2D eigenvalue weighted by atomic mass is 16.5. The van der Waals surface area contributed by atoms with Crippen LogP contribution in [0.3, 0.4) is 0 Å². The normalized spacial score (nSPS) is 15.8. The summed E-state index contributed by atoms with van der Waals surface area (Å²) in [6, 6.07) is 0.564. The van der Waals surface area contributed by atoms with Crippen molar-refractivity contribution in [2.24, 2.45) is 11.3 Å². The van der Waals surface area contributed by atoms with Gasteiger partial charge in [-0.25, -0.2) is 0 Å². The van der Waals surface area contributed by atoms with E-state index in [1.54, 1.807) is 0 Å². The Bertz CT molecular complexity index is 168. The molecule has 1 unspecified atom stereocenters. The first kappa shape index (κ1) is 15.9. The van der Waals surface area contributed by atoms with Crippen LogP contribution >= 0.6 is 0 Å². The summed E-state index contributed by atoms with van der Waals surface area (Å²) in [6.07, 6.45) is 2.26. The van der Waals surface area contributed by atoms with E-state index in [-0.39, 0.29) is 0 Å². The second-order valence-electron chi connectivity index (χ2n) is 5.71. The van der Waals surface area contributed by atoms with Gasteiger partial charge in [0, 0.05) is 25.8 Å². The summed E-state index contributed by atoms with van der Waals surface area (Å²) < 4.78 is 5.61. The van der Waals surface area contributed by atoms with E-state index in [0.717, 1.165) is 32.6 Å². The van der Waals surface area contributed by atoms with Crippen molar-refractivity contribution >= 4 is 0 Å². The number of hydrogen-bond donors (Lipinski definition) is 1. The van der Waals surface area contributed by atoms with Crippen LogP contribution in [-0.4, -0.2) is 25.8 Å². The molecule has 98 valence electrons. The Kier molecular flexibility index (Phi) is 8.04. The molecular weight excluding hydrogens is 198 g/mol. The van der Waals surface area contributed by atoms with Crippen LogP contribution in [0.25, 0.3) is 0 Å². The Hall–Kier alpha value is -0.0800. The van der Waals surface area contributed by atoms with Crippen LogP contribution in [0, 0.1) is 11.3 Å². The van der Waals surface area contributed by atoms with Crippen molar-refractivity contribution in [3.63, 3.8) is 0 Å². The zero-order chi connectivity index (χ0) is 12.6. The molecule has 0 bridgehead atoms. The molecule has 0 amide bonds. The molecule has 16 heavy (non-hydrogen) atoms. The van der Waals surface area contributed by atoms with Crippen molar-refractivity contribution < 1.29 is 4.74 Å². The first-order valence-corrected chi connectivity index (χ1v) is 6.73. The van der Waals surface area contributed by atoms with Crippen molar-refractivity contribution in [1.82, 2.24) is 5.32 Å². The average molecular weight is 229 g/mol. The predicted molar refractivity (Wildman–Crippen MR) is 71.8 cm³/mol. The van der Waals surface area contributed by atoms with E-state index in [1.807, 2.05) is 0 Å². The molecule has 0 heterocycles. The fourth-order valence-electron chi connectivity index (χ4n) is 1.57. The molecule has 0 rings (SSSR count). The van der Waals surface area contributed by atoms with E-state index in [1.165, 1.54) is 0 Å². The van der Waals surface area contributed by atoms with Gasteiger partial charge in [0.1, 0.15) is 0 Å². The lowest BCUT2D eigenvalue weighted by molar-refractivity contribution is 0.0783. The number of nitrogens with one attached hydrogen (secondary N) is 1. The number of hydrogen-bond acceptors (Lipinski definition) is 2. The molecule has 0 aliphatic rings. The Morgan fingerprint density at radius 3 is 2.19 bits per heavy atom. The van der Waals surface area contributed by atoms with E-state index < -0.39 is 0 Å². The quantitative estimate of drug-likeness (QED) is 0.611. The Morgan fingerprint density at radius 1 is 1.12 bits per heavy atom. The van der Waals surface area contributed by atoms with Gasteiger partial charge >= 0.3 is 0 Å². The molecular formula is C14H31NO. The van der Waals surface area contributed by atoms with Gasteiger partial charge in [0.25, 0.3) is 0 Å². The second-order valence-corrected chi connectivity index (χ2v) is 5.71. The summed E-state index contributed by atoms with van der Waals surface area (Å²) in [4.78, 5) is 0. The van der Waals surface area contributed by atoms with Gasteiger partial charge in [0.15, 0.2) is 0 Å². The minimum absolute atomic E-state index is 0.345. The molecule has 0 aliphatic carbocycles. The molecule has 2 heteroatoms. The van der Waals surface area contributed by atoms with Gasteiger partial charge in [-0.15, -0.1) is 0 Å². The average Bonchev–Trinajstić information content (AvgIpc) is 2.21. The summed E-state index contributed by atoms with van der Waals surface area (Å²) in [5.41, 5.74) is 0.345. The van der Waals surface area contributed by atoms with Gasteiger partial charge in [0.2, 0.25) is 0 Å². The largest absolute Gasteiger partial charge is 0.381 e. The number of ether oxygens (including phenoxy) is 1. The lowest BCUT2D eigenvalue weighted by atomic mass is 9.76. The molecule has 0 radical (unpaired) electrons. The minimum Gasteiger partial charge on any atom is -0.381 e. The van der Waals surface area contributed by atoms with Crippen LogP contribution in [0.15, 0.2) is 0 Å². The maximum Gasteiger partial charge on any atom is 0.0471 e. The molecule has 0 fully saturated rings. The smallest absolute Gasteiger partial charge is 0.0471 e. The molecule has 1 N–H and O–H groups in total. The van der Waals surface area contributed by atoms with Crippen molar-refractivity contribution in [2.45, 2.75) is 60.4 Å². The molecule has 1 atom stereocenters. The molecule has 0 aromatic heterocycles. The zero-order valence-corrected chi connectivity index (χ0v) is 12.1. The fourth-order valence-corrected chi connectivity index (χ4v) is 1.57. The van der Waals surface area contributed by atoms with Crippen molar-refractivity contribution in [2.75, 3.05) is 19.8 Å². The summed E-state index contributed by atoms with van der Waals surface area (Å²) in [6.45, 7) is 16.4. The SMILES string of the molecule is CCCOCCC(C)(CNC(C)C)C(C)C. The fraction of sp³-hybridized carbons (Fsp3) is 1.00. The van der Waals surface area contributed by atoms with E-state index in [4.69, 9.17) is 4.74 Å². The van der Waals surface area contributed by atoms with Gasteiger partial charge in [-0.05, 0) is 24.2 Å². The van der Waals surface area contributed by atoms with Gasteiger partial charge in [-0.3, -0.25) is 0 Å². The van der Waals surface area contributed by atoms with E-state index in [9.17, 15) is 0 Å². The summed E-state index contributed by atoms with van der Waals surface area (Å²) in [7, 11) is 0. The third-order valence-electron chi connectivity index (χ3n) is 3.47. The van der Waals surface area contributed by atoms with Crippen LogP contribution in [0.1, 0.15) is 54.4 Å². The topological polar surface area (TPSA) is 21.3 Å².